The Hall–Kier alpha value is -1.84. The number of amides is 1. The Morgan fingerprint density at radius 2 is 1.95 bits per heavy atom. The zero-order chi connectivity index (χ0) is 13.7. The fourth-order valence-electron chi connectivity index (χ4n) is 2.05. The van der Waals surface area contributed by atoms with Crippen LogP contribution in [0.5, 0.6) is 0 Å². The molecule has 1 N–H and O–H groups in total. The van der Waals surface area contributed by atoms with E-state index in [0.29, 0.717) is 26.0 Å². The Morgan fingerprint density at radius 3 is 2.53 bits per heavy atom. The molecule has 2 rings (SSSR count). The molecular weight excluding hydrogens is 242 g/mol. The number of hydrogen-bond donors (Lipinski definition) is 1. The van der Waals surface area contributed by atoms with Crippen LogP contribution in [0.25, 0.3) is 0 Å². The molecule has 0 aliphatic heterocycles. The molecule has 1 aromatic rings. The molecule has 4 heteroatoms. The third kappa shape index (κ3) is 3.13. The van der Waals surface area contributed by atoms with Gasteiger partial charge in [-0.25, -0.2) is 0 Å². The van der Waals surface area contributed by atoms with Crippen LogP contribution in [-0.4, -0.2) is 25.0 Å². The van der Waals surface area contributed by atoms with Crippen LogP contribution in [0.1, 0.15) is 25.3 Å². The highest BCUT2D eigenvalue weighted by Crippen LogP contribution is 2.47. The van der Waals surface area contributed by atoms with Crippen molar-refractivity contribution in [3.8, 4) is 0 Å². The number of carbonyl (C=O) groups is 2. The summed E-state index contributed by atoms with van der Waals surface area (Å²) in [6.07, 6.45) is 1.97. The second kappa shape index (κ2) is 5.87. The van der Waals surface area contributed by atoms with E-state index >= 15 is 0 Å². The van der Waals surface area contributed by atoms with Crippen LogP contribution in [0.2, 0.25) is 0 Å². The summed E-state index contributed by atoms with van der Waals surface area (Å²) in [6.45, 7) is 2.61. The van der Waals surface area contributed by atoms with Gasteiger partial charge in [-0.05, 0) is 31.7 Å². The van der Waals surface area contributed by atoms with E-state index < -0.39 is 5.41 Å². The van der Waals surface area contributed by atoms with Crippen molar-refractivity contribution in [2.45, 2.75) is 26.2 Å². The van der Waals surface area contributed by atoms with Crippen LogP contribution in [0.3, 0.4) is 0 Å². The molecule has 0 radical (unpaired) electrons. The molecule has 0 heterocycles. The summed E-state index contributed by atoms with van der Waals surface area (Å²) in [5.74, 6) is -0.575. The van der Waals surface area contributed by atoms with Gasteiger partial charge in [0.05, 0.1) is 6.61 Å². The van der Waals surface area contributed by atoms with Gasteiger partial charge in [-0.1, -0.05) is 30.3 Å². The predicted molar refractivity (Wildman–Crippen MR) is 71.5 cm³/mol. The Kier molecular flexibility index (Phi) is 4.20. The molecule has 0 atom stereocenters. The highest BCUT2D eigenvalue weighted by Gasteiger charge is 2.57. The van der Waals surface area contributed by atoms with E-state index in [1.54, 1.807) is 6.92 Å². The van der Waals surface area contributed by atoms with Crippen LogP contribution in [0.15, 0.2) is 30.3 Å². The van der Waals surface area contributed by atoms with E-state index in [1.165, 1.54) is 5.56 Å². The van der Waals surface area contributed by atoms with Crippen molar-refractivity contribution in [3.05, 3.63) is 35.9 Å². The minimum atomic E-state index is -0.896. The molecule has 102 valence electrons. The zero-order valence-electron chi connectivity index (χ0n) is 11.1. The molecule has 0 unspecified atom stereocenters. The number of ether oxygens (including phenoxy) is 1. The third-order valence-corrected chi connectivity index (χ3v) is 3.39. The van der Waals surface area contributed by atoms with Gasteiger partial charge in [0.25, 0.3) is 0 Å². The lowest BCUT2D eigenvalue weighted by molar-refractivity contribution is -0.154. The van der Waals surface area contributed by atoms with Crippen molar-refractivity contribution in [1.29, 1.82) is 0 Å². The maximum Gasteiger partial charge on any atom is 0.321 e. The molecule has 0 saturated heterocycles. The van der Waals surface area contributed by atoms with Crippen molar-refractivity contribution in [2.24, 2.45) is 5.41 Å². The first-order valence-corrected chi connectivity index (χ1v) is 6.68. The molecule has 0 spiro atoms. The van der Waals surface area contributed by atoms with Gasteiger partial charge in [0.2, 0.25) is 5.91 Å². The summed E-state index contributed by atoms with van der Waals surface area (Å²) in [5.41, 5.74) is 0.274. The average Bonchev–Trinajstić information content (AvgIpc) is 3.22. The second-order valence-corrected chi connectivity index (χ2v) is 4.79. The Bertz CT molecular complexity index is 452. The summed E-state index contributed by atoms with van der Waals surface area (Å²) in [5, 5.41) is 2.83. The Labute approximate surface area is 113 Å². The molecule has 1 aromatic carbocycles. The summed E-state index contributed by atoms with van der Waals surface area (Å²) in [4.78, 5) is 23.7. The molecular formula is C15H19NO3. The smallest absolute Gasteiger partial charge is 0.321 e. The van der Waals surface area contributed by atoms with E-state index in [2.05, 4.69) is 5.32 Å². The van der Waals surface area contributed by atoms with Gasteiger partial charge >= 0.3 is 5.97 Å². The largest absolute Gasteiger partial charge is 0.465 e. The summed E-state index contributed by atoms with van der Waals surface area (Å²) >= 11 is 0. The van der Waals surface area contributed by atoms with E-state index in [-0.39, 0.29) is 11.9 Å². The maximum absolute atomic E-state index is 12.0. The molecule has 0 aromatic heterocycles. The number of benzene rings is 1. The first-order chi connectivity index (χ1) is 9.19. The van der Waals surface area contributed by atoms with Crippen molar-refractivity contribution in [2.75, 3.05) is 13.2 Å². The maximum atomic E-state index is 12.0. The van der Waals surface area contributed by atoms with Gasteiger partial charge in [-0.15, -0.1) is 0 Å². The lowest BCUT2D eigenvalue weighted by atomic mass is 10.1. The van der Waals surface area contributed by atoms with Gasteiger partial charge in [-0.2, -0.15) is 0 Å². The van der Waals surface area contributed by atoms with Gasteiger partial charge in [0, 0.05) is 6.54 Å². The van der Waals surface area contributed by atoms with Gasteiger partial charge in [0.15, 0.2) is 0 Å². The minimum absolute atomic E-state index is 0.193. The number of esters is 1. The normalized spacial score (nSPS) is 15.6. The molecule has 1 aliphatic rings. The third-order valence-electron chi connectivity index (χ3n) is 3.39. The van der Waals surface area contributed by atoms with Gasteiger partial charge < -0.3 is 10.1 Å². The Morgan fingerprint density at radius 1 is 1.26 bits per heavy atom. The zero-order valence-corrected chi connectivity index (χ0v) is 11.1. The minimum Gasteiger partial charge on any atom is -0.465 e. The van der Waals surface area contributed by atoms with Crippen molar-refractivity contribution >= 4 is 11.9 Å². The van der Waals surface area contributed by atoms with Crippen molar-refractivity contribution in [1.82, 2.24) is 5.32 Å². The fourth-order valence-corrected chi connectivity index (χ4v) is 2.05. The molecule has 1 amide bonds. The highest BCUT2D eigenvalue weighted by atomic mass is 16.5. The first kappa shape index (κ1) is 13.6. The predicted octanol–water partition coefficient (Wildman–Crippen LogP) is 1.69. The summed E-state index contributed by atoms with van der Waals surface area (Å²) in [6, 6.07) is 9.94. The monoisotopic (exact) mass is 261 g/mol. The van der Waals surface area contributed by atoms with E-state index in [0.717, 1.165) is 6.42 Å². The van der Waals surface area contributed by atoms with Crippen molar-refractivity contribution < 1.29 is 14.3 Å². The molecule has 1 fully saturated rings. The lowest BCUT2D eigenvalue weighted by Crippen LogP contribution is -2.39. The van der Waals surface area contributed by atoms with Crippen molar-refractivity contribution in [3.63, 3.8) is 0 Å². The number of rotatable bonds is 6. The van der Waals surface area contributed by atoms with Crippen LogP contribution in [0, 0.1) is 5.41 Å². The molecule has 1 saturated carbocycles. The highest BCUT2D eigenvalue weighted by molar-refractivity contribution is 6.05. The quantitative estimate of drug-likeness (QED) is 0.626. The van der Waals surface area contributed by atoms with Crippen LogP contribution < -0.4 is 5.32 Å². The lowest BCUT2D eigenvalue weighted by Gasteiger charge is -2.13. The van der Waals surface area contributed by atoms with Gasteiger partial charge in [0.1, 0.15) is 5.41 Å². The van der Waals surface area contributed by atoms with Crippen LogP contribution in [0.4, 0.5) is 0 Å². The van der Waals surface area contributed by atoms with Crippen LogP contribution >= 0.6 is 0 Å². The number of nitrogens with one attached hydrogen (secondary N) is 1. The SMILES string of the molecule is CCOC(=O)C1(C(=O)NCCc2ccccc2)CC1. The number of carbonyl (C=O) groups excluding carboxylic acids is 2. The summed E-state index contributed by atoms with van der Waals surface area (Å²) < 4.78 is 4.96. The molecule has 4 nitrogen and oxygen atoms in total. The van der Waals surface area contributed by atoms with E-state index in [9.17, 15) is 9.59 Å². The van der Waals surface area contributed by atoms with E-state index in [4.69, 9.17) is 4.74 Å². The standard InChI is InChI=1S/C15H19NO3/c1-2-19-14(18)15(9-10-15)13(17)16-11-8-12-6-4-3-5-7-12/h3-7H,2,8-11H2,1H3,(H,16,17). The number of hydrogen-bond acceptors (Lipinski definition) is 3. The topological polar surface area (TPSA) is 55.4 Å². The average molecular weight is 261 g/mol. The van der Waals surface area contributed by atoms with Gasteiger partial charge in [-0.3, -0.25) is 9.59 Å². The molecule has 19 heavy (non-hydrogen) atoms. The molecule has 0 bridgehead atoms. The van der Waals surface area contributed by atoms with Crippen LogP contribution in [-0.2, 0) is 20.7 Å². The van der Waals surface area contributed by atoms with E-state index in [1.807, 2.05) is 30.3 Å². The Balaban J connectivity index is 1.80. The first-order valence-electron chi connectivity index (χ1n) is 6.68. The summed E-state index contributed by atoms with van der Waals surface area (Å²) in [7, 11) is 0. The fraction of sp³-hybridized carbons (Fsp3) is 0.467. The second-order valence-electron chi connectivity index (χ2n) is 4.79. The molecule has 1 aliphatic carbocycles.